The summed E-state index contributed by atoms with van der Waals surface area (Å²) >= 11 is 0. The maximum Gasteiger partial charge on any atom is 0.472 e. The van der Waals surface area contributed by atoms with Gasteiger partial charge in [-0.25, -0.2) is 4.57 Å². The molecular weight excluding hydrogens is 794 g/mol. The van der Waals surface area contributed by atoms with E-state index in [1.807, 2.05) is 0 Å². The third kappa shape index (κ3) is 44.6. The molecule has 11 nitrogen and oxygen atoms in total. The van der Waals surface area contributed by atoms with Gasteiger partial charge in [0.1, 0.15) is 12.6 Å². The Kier molecular flexibility index (Phi) is 43.5. The number of carboxylic acid groups (broad SMARTS) is 1. The summed E-state index contributed by atoms with van der Waals surface area (Å²) in [5, 5.41) is 8.91. The molecule has 0 aliphatic carbocycles. The molecular formula is C49H94NO10P. The average Bonchev–Trinajstić information content (AvgIpc) is 3.24. The number of phosphoric ester groups is 1. The Hall–Kier alpha value is -1.78. The number of rotatable bonds is 48. The van der Waals surface area contributed by atoms with Crippen LogP contribution in [-0.4, -0.2) is 59.9 Å². The van der Waals surface area contributed by atoms with Gasteiger partial charge in [0.25, 0.3) is 0 Å². The first-order valence-corrected chi connectivity index (χ1v) is 26.7. The predicted molar refractivity (Wildman–Crippen MR) is 249 cm³/mol. The Morgan fingerprint density at radius 2 is 0.836 bits per heavy atom. The molecule has 0 amide bonds. The molecule has 0 fully saturated rings. The van der Waals surface area contributed by atoms with Crippen molar-refractivity contribution in [1.29, 1.82) is 0 Å². The van der Waals surface area contributed by atoms with Gasteiger partial charge in [-0.2, -0.15) is 0 Å². The summed E-state index contributed by atoms with van der Waals surface area (Å²) in [5.74, 6) is -2.36. The third-order valence-corrected chi connectivity index (χ3v) is 12.2. The van der Waals surface area contributed by atoms with Crippen LogP contribution in [0.3, 0.4) is 0 Å². The molecule has 61 heavy (non-hydrogen) atoms. The van der Waals surface area contributed by atoms with Crippen molar-refractivity contribution in [1.82, 2.24) is 0 Å². The number of phosphoric acid groups is 1. The normalized spacial score (nSPS) is 13.6. The maximum atomic E-state index is 12.7. The maximum absolute atomic E-state index is 12.7. The number of carbonyl (C=O) groups is 3. The van der Waals surface area contributed by atoms with E-state index in [1.165, 1.54) is 173 Å². The predicted octanol–water partition coefficient (Wildman–Crippen LogP) is 14.0. The van der Waals surface area contributed by atoms with Crippen LogP contribution in [0.1, 0.15) is 251 Å². The topological polar surface area (TPSA) is 172 Å². The van der Waals surface area contributed by atoms with Crippen LogP contribution in [0.2, 0.25) is 0 Å². The summed E-state index contributed by atoms with van der Waals surface area (Å²) in [6.07, 6.45) is 47.0. The molecule has 0 aliphatic heterocycles. The number of allylic oxidation sites excluding steroid dienone is 2. The van der Waals surface area contributed by atoms with E-state index in [9.17, 15) is 23.8 Å². The minimum absolute atomic E-state index is 0.167. The average molecular weight is 888 g/mol. The molecule has 0 radical (unpaired) electrons. The van der Waals surface area contributed by atoms with Gasteiger partial charge in [0.05, 0.1) is 13.2 Å². The van der Waals surface area contributed by atoms with E-state index in [-0.39, 0.29) is 19.4 Å². The molecule has 0 aliphatic rings. The van der Waals surface area contributed by atoms with Crippen molar-refractivity contribution in [2.45, 2.75) is 264 Å². The summed E-state index contributed by atoms with van der Waals surface area (Å²) in [6.45, 7) is 2.82. The second kappa shape index (κ2) is 44.8. The fourth-order valence-electron chi connectivity index (χ4n) is 7.28. The molecule has 4 N–H and O–H groups in total. The fraction of sp³-hybridized carbons (Fsp3) is 0.898. The highest BCUT2D eigenvalue weighted by Crippen LogP contribution is 2.43. The van der Waals surface area contributed by atoms with Gasteiger partial charge >= 0.3 is 25.7 Å². The third-order valence-electron chi connectivity index (χ3n) is 11.3. The Bertz CT molecular complexity index is 1090. The van der Waals surface area contributed by atoms with Crippen molar-refractivity contribution in [3.63, 3.8) is 0 Å². The van der Waals surface area contributed by atoms with E-state index in [0.29, 0.717) is 12.8 Å². The van der Waals surface area contributed by atoms with E-state index >= 15 is 0 Å². The molecule has 360 valence electrons. The summed E-state index contributed by atoms with van der Waals surface area (Å²) in [4.78, 5) is 46.1. The number of esters is 2. The quantitative estimate of drug-likeness (QED) is 0.0230. The van der Waals surface area contributed by atoms with Gasteiger partial charge in [-0.05, 0) is 32.1 Å². The number of nitrogens with two attached hydrogens (primary N) is 1. The smallest absolute Gasteiger partial charge is 0.472 e. The van der Waals surface area contributed by atoms with E-state index in [1.54, 1.807) is 0 Å². The van der Waals surface area contributed by atoms with Crippen molar-refractivity contribution in [2.24, 2.45) is 5.73 Å². The van der Waals surface area contributed by atoms with Gasteiger partial charge in [0.2, 0.25) is 0 Å². The molecule has 0 aromatic rings. The largest absolute Gasteiger partial charge is 0.480 e. The molecule has 0 saturated heterocycles. The first-order valence-electron chi connectivity index (χ1n) is 25.2. The SMILES string of the molecule is CCCC/C=C/CCCCCCCCCCCC(=O)OC[C@@H](COP(=O)(O)OC[C@H](N)C(=O)O)OC(=O)CCCCCCCCCCCCCCCCCCCCCCCC. The lowest BCUT2D eigenvalue weighted by Crippen LogP contribution is -2.34. The fourth-order valence-corrected chi connectivity index (χ4v) is 8.06. The first-order chi connectivity index (χ1) is 29.6. The minimum Gasteiger partial charge on any atom is -0.480 e. The molecule has 3 atom stereocenters. The molecule has 0 aromatic carbocycles. The molecule has 0 rings (SSSR count). The van der Waals surface area contributed by atoms with Crippen LogP contribution in [0.4, 0.5) is 0 Å². The Morgan fingerprint density at radius 3 is 1.25 bits per heavy atom. The monoisotopic (exact) mass is 888 g/mol. The number of hydrogen-bond acceptors (Lipinski definition) is 9. The number of carbonyl (C=O) groups excluding carboxylic acids is 2. The standard InChI is InChI=1S/C49H94NO10P/c1-3-5-7-9-11-13-15-17-19-20-21-22-23-24-25-27-29-31-33-35-37-39-41-48(52)60-45(43-58-61(55,56)59-44-46(50)49(53)54)42-57-47(51)40-38-36-34-32-30-28-26-18-16-14-12-10-8-6-4-2/h10,12,45-46H,3-9,11,13-44,50H2,1-2H3,(H,53,54)(H,55,56)/b12-10+/t45-,46-/m0/s1. The second-order valence-electron chi connectivity index (χ2n) is 17.3. The van der Waals surface area contributed by atoms with Crippen molar-refractivity contribution < 1.29 is 47.5 Å². The molecule has 0 aromatic heterocycles. The molecule has 0 heterocycles. The Balaban J connectivity index is 4.19. The number of unbranched alkanes of at least 4 members (excludes halogenated alkanes) is 32. The molecule has 12 heteroatoms. The lowest BCUT2D eigenvalue weighted by Gasteiger charge is -2.20. The van der Waals surface area contributed by atoms with Crippen LogP contribution < -0.4 is 5.73 Å². The van der Waals surface area contributed by atoms with Crippen molar-refractivity contribution in [2.75, 3.05) is 19.8 Å². The van der Waals surface area contributed by atoms with E-state index in [4.69, 9.17) is 24.8 Å². The van der Waals surface area contributed by atoms with Crippen LogP contribution in [0.25, 0.3) is 0 Å². The number of hydrogen-bond donors (Lipinski definition) is 3. The zero-order valence-corrected chi connectivity index (χ0v) is 40.2. The van der Waals surface area contributed by atoms with Crippen molar-refractivity contribution >= 4 is 25.7 Å². The molecule has 1 unspecified atom stereocenters. The van der Waals surface area contributed by atoms with Crippen LogP contribution in [0.15, 0.2) is 12.2 Å². The van der Waals surface area contributed by atoms with E-state index in [0.717, 1.165) is 38.5 Å². The lowest BCUT2D eigenvalue weighted by molar-refractivity contribution is -0.161. The zero-order valence-electron chi connectivity index (χ0n) is 39.3. The van der Waals surface area contributed by atoms with Gasteiger partial charge in [0.15, 0.2) is 6.10 Å². The van der Waals surface area contributed by atoms with Crippen LogP contribution >= 0.6 is 7.82 Å². The van der Waals surface area contributed by atoms with Gasteiger partial charge in [0, 0.05) is 12.8 Å². The van der Waals surface area contributed by atoms with E-state index in [2.05, 4.69) is 30.5 Å². The zero-order chi connectivity index (χ0) is 44.9. The van der Waals surface area contributed by atoms with Gasteiger partial charge in [-0.1, -0.05) is 219 Å². The van der Waals surface area contributed by atoms with Crippen molar-refractivity contribution in [3.05, 3.63) is 12.2 Å². The van der Waals surface area contributed by atoms with Gasteiger partial charge in [-0.3, -0.25) is 23.4 Å². The molecule has 0 bridgehead atoms. The first kappa shape index (κ1) is 59.2. The lowest BCUT2D eigenvalue weighted by atomic mass is 10.0. The summed E-state index contributed by atoms with van der Waals surface area (Å²) in [7, 11) is -4.71. The van der Waals surface area contributed by atoms with Gasteiger partial charge in [-0.15, -0.1) is 0 Å². The number of ether oxygens (including phenoxy) is 2. The summed E-state index contributed by atoms with van der Waals surface area (Å²) in [5.41, 5.74) is 5.35. The highest BCUT2D eigenvalue weighted by molar-refractivity contribution is 7.47. The summed E-state index contributed by atoms with van der Waals surface area (Å²) in [6, 6.07) is -1.52. The minimum atomic E-state index is -4.71. The van der Waals surface area contributed by atoms with Crippen LogP contribution in [0.5, 0.6) is 0 Å². The van der Waals surface area contributed by atoms with E-state index < -0.39 is 51.1 Å². The van der Waals surface area contributed by atoms with Gasteiger partial charge < -0.3 is 25.2 Å². The highest BCUT2D eigenvalue weighted by atomic mass is 31.2. The Labute approximate surface area is 373 Å². The Morgan fingerprint density at radius 1 is 0.492 bits per heavy atom. The van der Waals surface area contributed by atoms with Crippen LogP contribution in [0, 0.1) is 0 Å². The number of carboxylic acids is 1. The second-order valence-corrected chi connectivity index (χ2v) is 18.8. The number of aliphatic carboxylic acids is 1. The molecule has 0 saturated carbocycles. The highest BCUT2D eigenvalue weighted by Gasteiger charge is 2.28. The molecule has 0 spiro atoms. The summed E-state index contributed by atoms with van der Waals surface area (Å²) < 4.78 is 32.8. The van der Waals surface area contributed by atoms with Crippen LogP contribution in [-0.2, 0) is 37.5 Å². The van der Waals surface area contributed by atoms with Crippen molar-refractivity contribution in [3.8, 4) is 0 Å².